The molecule has 0 aromatic heterocycles. The van der Waals surface area contributed by atoms with E-state index in [2.05, 4.69) is 0 Å². The van der Waals surface area contributed by atoms with Crippen LogP contribution in [0.1, 0.15) is 5.56 Å². The number of nitrogens with zero attached hydrogens (tertiary/aromatic N) is 2. The van der Waals surface area contributed by atoms with Gasteiger partial charge in [0.25, 0.3) is 0 Å². The third kappa shape index (κ3) is 1.91. The molecule has 0 saturated heterocycles. The van der Waals surface area contributed by atoms with Crippen molar-refractivity contribution >= 4 is 17.3 Å². The van der Waals surface area contributed by atoms with Crippen LogP contribution >= 0.6 is 11.6 Å². The van der Waals surface area contributed by atoms with Crippen molar-refractivity contribution in [3.05, 3.63) is 22.7 Å². The first kappa shape index (κ1) is 10.7. The quantitative estimate of drug-likeness (QED) is 0.556. The van der Waals surface area contributed by atoms with Crippen molar-refractivity contribution in [1.82, 2.24) is 0 Å². The molecule has 0 N–H and O–H groups in total. The highest BCUT2D eigenvalue weighted by atomic mass is 35.5. The van der Waals surface area contributed by atoms with Gasteiger partial charge in [-0.2, -0.15) is 5.26 Å². The second-order valence-electron chi connectivity index (χ2n) is 2.93. The molecule has 74 valence electrons. The summed E-state index contributed by atoms with van der Waals surface area (Å²) in [5.41, 5.74) is 1.60. The zero-order valence-corrected chi connectivity index (χ0v) is 9.09. The Morgan fingerprint density at radius 3 is 2.64 bits per heavy atom. The Labute approximate surface area is 88.5 Å². The molecular weight excluding hydrogens is 200 g/mol. The molecule has 3 nitrogen and oxygen atoms in total. The maximum Gasteiger partial charge on any atom is 0.184 e. The van der Waals surface area contributed by atoms with Gasteiger partial charge in [0.05, 0.1) is 12.8 Å². The van der Waals surface area contributed by atoms with E-state index in [1.807, 2.05) is 19.2 Å². The number of benzene rings is 1. The first-order valence-corrected chi connectivity index (χ1v) is 4.45. The van der Waals surface area contributed by atoms with E-state index in [1.54, 1.807) is 20.2 Å². The Balaban J connectivity index is 3.28. The maximum absolute atomic E-state index is 8.75. The number of hydrogen-bond donors (Lipinski definition) is 0. The maximum atomic E-state index is 8.75. The molecule has 0 bridgehead atoms. The molecule has 14 heavy (non-hydrogen) atoms. The summed E-state index contributed by atoms with van der Waals surface area (Å²) in [6.07, 6.45) is 2.00. The SMILES string of the molecule is COc1cc(C)c(Cl)cc1N(C)C#N. The fourth-order valence-electron chi connectivity index (χ4n) is 1.12. The van der Waals surface area contributed by atoms with Gasteiger partial charge in [0.1, 0.15) is 5.75 Å². The summed E-state index contributed by atoms with van der Waals surface area (Å²) in [6, 6.07) is 3.53. The largest absolute Gasteiger partial charge is 0.495 e. The lowest BCUT2D eigenvalue weighted by Crippen LogP contribution is -2.09. The molecule has 0 atom stereocenters. The van der Waals surface area contributed by atoms with Crippen LogP contribution in [-0.4, -0.2) is 14.2 Å². The number of rotatable bonds is 2. The number of ether oxygens (including phenoxy) is 1. The van der Waals surface area contributed by atoms with Gasteiger partial charge in [-0.25, -0.2) is 0 Å². The van der Waals surface area contributed by atoms with Gasteiger partial charge in [-0.1, -0.05) is 11.6 Å². The fraction of sp³-hybridized carbons (Fsp3) is 0.300. The van der Waals surface area contributed by atoms with Crippen molar-refractivity contribution < 1.29 is 4.74 Å². The van der Waals surface area contributed by atoms with Gasteiger partial charge >= 0.3 is 0 Å². The Kier molecular flexibility index (Phi) is 3.21. The average Bonchev–Trinajstić information content (AvgIpc) is 2.20. The Morgan fingerprint density at radius 2 is 2.14 bits per heavy atom. The zero-order valence-electron chi connectivity index (χ0n) is 8.34. The highest BCUT2D eigenvalue weighted by Gasteiger charge is 2.10. The monoisotopic (exact) mass is 210 g/mol. The molecule has 0 unspecified atom stereocenters. The van der Waals surface area contributed by atoms with Crippen LogP contribution in [0.4, 0.5) is 5.69 Å². The van der Waals surface area contributed by atoms with E-state index >= 15 is 0 Å². The third-order valence-corrected chi connectivity index (χ3v) is 2.38. The topological polar surface area (TPSA) is 36.3 Å². The first-order valence-electron chi connectivity index (χ1n) is 4.07. The smallest absolute Gasteiger partial charge is 0.184 e. The van der Waals surface area contributed by atoms with Gasteiger partial charge in [0, 0.05) is 12.1 Å². The lowest BCUT2D eigenvalue weighted by Gasteiger charge is -2.14. The molecule has 0 aliphatic rings. The second kappa shape index (κ2) is 4.21. The van der Waals surface area contributed by atoms with Gasteiger partial charge in [-0.3, -0.25) is 4.90 Å². The predicted octanol–water partition coefficient (Wildman–Crippen LogP) is 2.57. The number of nitriles is 1. The minimum atomic E-state index is 0.628. The number of anilines is 1. The van der Waals surface area contributed by atoms with Gasteiger partial charge in [0.2, 0.25) is 0 Å². The van der Waals surface area contributed by atoms with Crippen LogP contribution < -0.4 is 9.64 Å². The van der Waals surface area contributed by atoms with Crippen molar-refractivity contribution in [3.63, 3.8) is 0 Å². The van der Waals surface area contributed by atoms with E-state index in [9.17, 15) is 0 Å². The van der Waals surface area contributed by atoms with Crippen molar-refractivity contribution in [2.45, 2.75) is 6.92 Å². The molecule has 1 aromatic carbocycles. The van der Waals surface area contributed by atoms with Crippen LogP contribution in [0.2, 0.25) is 5.02 Å². The van der Waals surface area contributed by atoms with E-state index in [4.69, 9.17) is 21.6 Å². The van der Waals surface area contributed by atoms with E-state index in [0.717, 1.165) is 5.56 Å². The summed E-state index contributed by atoms with van der Waals surface area (Å²) in [6.45, 7) is 1.89. The second-order valence-corrected chi connectivity index (χ2v) is 3.34. The Bertz CT molecular complexity index is 384. The van der Waals surface area contributed by atoms with Gasteiger partial charge < -0.3 is 4.74 Å². The molecule has 0 aliphatic carbocycles. The number of aryl methyl sites for hydroxylation is 1. The average molecular weight is 211 g/mol. The van der Waals surface area contributed by atoms with Crippen LogP contribution in [-0.2, 0) is 0 Å². The van der Waals surface area contributed by atoms with Crippen LogP contribution in [0.5, 0.6) is 5.75 Å². The van der Waals surface area contributed by atoms with E-state index in [-0.39, 0.29) is 0 Å². The summed E-state index contributed by atoms with van der Waals surface area (Å²) in [5, 5.41) is 9.37. The lowest BCUT2D eigenvalue weighted by molar-refractivity contribution is 0.415. The summed E-state index contributed by atoms with van der Waals surface area (Å²) < 4.78 is 5.15. The summed E-state index contributed by atoms with van der Waals surface area (Å²) >= 11 is 5.95. The van der Waals surface area contributed by atoms with Gasteiger partial charge in [0.15, 0.2) is 6.19 Å². The predicted molar refractivity (Wildman–Crippen MR) is 56.8 cm³/mol. The van der Waals surface area contributed by atoms with Crippen LogP contribution in [0, 0.1) is 18.4 Å². The third-order valence-electron chi connectivity index (χ3n) is 1.97. The molecule has 0 radical (unpaired) electrons. The van der Waals surface area contributed by atoms with Crippen molar-refractivity contribution in [2.24, 2.45) is 0 Å². The van der Waals surface area contributed by atoms with Crippen LogP contribution in [0.15, 0.2) is 12.1 Å². The first-order chi connectivity index (χ1) is 6.60. The van der Waals surface area contributed by atoms with Crippen molar-refractivity contribution in [2.75, 3.05) is 19.1 Å². The fourth-order valence-corrected chi connectivity index (χ4v) is 1.28. The van der Waals surface area contributed by atoms with Gasteiger partial charge in [-0.15, -0.1) is 0 Å². The summed E-state index contributed by atoms with van der Waals surface area (Å²) in [4.78, 5) is 1.41. The summed E-state index contributed by atoms with van der Waals surface area (Å²) in [5.74, 6) is 0.649. The number of halogens is 1. The minimum Gasteiger partial charge on any atom is -0.495 e. The van der Waals surface area contributed by atoms with Crippen molar-refractivity contribution in [1.29, 1.82) is 5.26 Å². The standard InChI is InChI=1S/C10H11ClN2O/c1-7-4-10(14-3)9(5-8(7)11)13(2)6-12/h4-5H,1-3H3. The molecule has 0 heterocycles. The number of hydrogen-bond acceptors (Lipinski definition) is 3. The Morgan fingerprint density at radius 1 is 1.50 bits per heavy atom. The summed E-state index contributed by atoms with van der Waals surface area (Å²) in [7, 11) is 3.22. The highest BCUT2D eigenvalue weighted by Crippen LogP contribution is 2.32. The van der Waals surface area contributed by atoms with Gasteiger partial charge in [-0.05, 0) is 24.6 Å². The number of methoxy groups -OCH3 is 1. The van der Waals surface area contributed by atoms with Crippen LogP contribution in [0.25, 0.3) is 0 Å². The molecule has 0 aliphatic heterocycles. The minimum absolute atomic E-state index is 0.628. The molecular formula is C10H11ClN2O. The molecule has 0 fully saturated rings. The van der Waals surface area contributed by atoms with E-state index < -0.39 is 0 Å². The zero-order chi connectivity index (χ0) is 10.7. The van der Waals surface area contributed by atoms with E-state index in [0.29, 0.717) is 16.5 Å². The van der Waals surface area contributed by atoms with Crippen molar-refractivity contribution in [3.8, 4) is 11.9 Å². The Hall–Kier alpha value is -1.40. The molecule has 0 saturated carbocycles. The molecule has 1 rings (SSSR count). The van der Waals surface area contributed by atoms with E-state index in [1.165, 1.54) is 4.90 Å². The normalized spacial score (nSPS) is 9.36. The highest BCUT2D eigenvalue weighted by molar-refractivity contribution is 6.31. The lowest BCUT2D eigenvalue weighted by atomic mass is 10.2. The van der Waals surface area contributed by atoms with Crippen LogP contribution in [0.3, 0.4) is 0 Å². The molecule has 4 heteroatoms. The molecule has 1 aromatic rings. The molecule has 0 spiro atoms. The molecule has 0 amide bonds.